The summed E-state index contributed by atoms with van der Waals surface area (Å²) in [5, 5.41) is 9.31. The molecule has 0 saturated heterocycles. The number of aliphatic carboxylic acids is 1. The van der Waals surface area contributed by atoms with Gasteiger partial charge in [0.05, 0.1) is 5.41 Å². The molecule has 3 rings (SSSR count). The molecule has 1 N–H and O–H groups in total. The predicted molar refractivity (Wildman–Crippen MR) is 63.1 cm³/mol. The number of hydrogen-bond donors (Lipinski definition) is 1. The van der Waals surface area contributed by atoms with E-state index in [4.69, 9.17) is 4.74 Å². The number of benzene rings is 1. The Kier molecular flexibility index (Phi) is 2.35. The van der Waals surface area contributed by atoms with Gasteiger partial charge in [0.15, 0.2) is 0 Å². The highest BCUT2D eigenvalue weighted by molar-refractivity contribution is 5.75. The Labute approximate surface area is 100 Å². The van der Waals surface area contributed by atoms with Crippen molar-refractivity contribution in [3.05, 3.63) is 29.8 Å². The maximum atomic E-state index is 11.3. The Bertz CT molecular complexity index is 424. The van der Waals surface area contributed by atoms with Gasteiger partial charge in [-0.1, -0.05) is 24.6 Å². The number of ether oxygens (including phenoxy) is 1. The lowest BCUT2D eigenvalue weighted by molar-refractivity contribution is -0.156. The first kappa shape index (κ1) is 10.6. The molecule has 1 heterocycles. The van der Waals surface area contributed by atoms with Crippen LogP contribution >= 0.6 is 0 Å². The number of rotatable bonds is 3. The first-order chi connectivity index (χ1) is 8.20. The average molecular weight is 232 g/mol. The van der Waals surface area contributed by atoms with E-state index in [0.717, 1.165) is 31.4 Å². The number of carboxylic acid groups (broad SMARTS) is 1. The summed E-state index contributed by atoms with van der Waals surface area (Å²) in [4.78, 5) is 11.3. The molecule has 1 atom stereocenters. The van der Waals surface area contributed by atoms with Crippen LogP contribution in [0.15, 0.2) is 24.3 Å². The maximum Gasteiger partial charge on any atom is 0.309 e. The second-order valence-corrected chi connectivity index (χ2v) is 5.19. The van der Waals surface area contributed by atoms with Gasteiger partial charge in [-0.15, -0.1) is 0 Å². The summed E-state index contributed by atoms with van der Waals surface area (Å²) in [5.41, 5.74) is 0.699. The van der Waals surface area contributed by atoms with E-state index in [9.17, 15) is 9.90 Å². The van der Waals surface area contributed by atoms with Crippen LogP contribution in [0, 0.1) is 5.41 Å². The third kappa shape index (κ3) is 1.70. The third-order valence-electron chi connectivity index (χ3n) is 4.10. The average Bonchev–Trinajstić information content (AvgIpc) is 2.65. The standard InChI is InChI=1S/C14H16O3/c15-13(16)14(6-3-7-14)9-11-8-10-4-1-2-5-12(10)17-11/h1-2,4-5,11H,3,6-9H2,(H,15,16). The van der Waals surface area contributed by atoms with E-state index in [-0.39, 0.29) is 6.10 Å². The molecule has 1 saturated carbocycles. The Morgan fingerprint density at radius 3 is 2.76 bits per heavy atom. The van der Waals surface area contributed by atoms with E-state index < -0.39 is 11.4 Å². The zero-order valence-corrected chi connectivity index (χ0v) is 9.69. The molecule has 1 fully saturated rings. The van der Waals surface area contributed by atoms with Crippen molar-refractivity contribution in [3.63, 3.8) is 0 Å². The van der Waals surface area contributed by atoms with E-state index in [1.807, 2.05) is 18.2 Å². The molecule has 0 aromatic heterocycles. The molecule has 90 valence electrons. The fourth-order valence-corrected chi connectivity index (χ4v) is 2.91. The van der Waals surface area contributed by atoms with Gasteiger partial charge in [0.2, 0.25) is 0 Å². The van der Waals surface area contributed by atoms with Crippen LogP contribution in [0.1, 0.15) is 31.2 Å². The number of carboxylic acids is 1. The van der Waals surface area contributed by atoms with Gasteiger partial charge in [-0.2, -0.15) is 0 Å². The normalized spacial score (nSPS) is 24.6. The van der Waals surface area contributed by atoms with Crippen LogP contribution in [0.3, 0.4) is 0 Å². The van der Waals surface area contributed by atoms with Crippen LogP contribution in [-0.4, -0.2) is 17.2 Å². The molecule has 0 amide bonds. The van der Waals surface area contributed by atoms with Crippen LogP contribution < -0.4 is 4.74 Å². The number of hydrogen-bond acceptors (Lipinski definition) is 2. The van der Waals surface area contributed by atoms with Crippen LogP contribution in [0.4, 0.5) is 0 Å². The van der Waals surface area contributed by atoms with Crippen molar-refractivity contribution in [3.8, 4) is 5.75 Å². The molecule has 1 aromatic rings. The van der Waals surface area contributed by atoms with Gasteiger partial charge in [-0.25, -0.2) is 0 Å². The third-order valence-corrected chi connectivity index (χ3v) is 4.10. The quantitative estimate of drug-likeness (QED) is 0.871. The maximum absolute atomic E-state index is 11.3. The van der Waals surface area contributed by atoms with Gasteiger partial charge in [-0.05, 0) is 24.5 Å². The van der Waals surface area contributed by atoms with Crippen LogP contribution in [0.2, 0.25) is 0 Å². The number of fused-ring (bicyclic) bond motifs is 1. The first-order valence-electron chi connectivity index (χ1n) is 6.18. The predicted octanol–water partition coefficient (Wildman–Crippen LogP) is 2.64. The Morgan fingerprint density at radius 2 is 2.18 bits per heavy atom. The molecule has 0 radical (unpaired) electrons. The second-order valence-electron chi connectivity index (χ2n) is 5.19. The van der Waals surface area contributed by atoms with Crippen molar-refractivity contribution in [1.29, 1.82) is 0 Å². The summed E-state index contributed by atoms with van der Waals surface area (Å²) >= 11 is 0. The van der Waals surface area contributed by atoms with Crippen LogP contribution in [-0.2, 0) is 11.2 Å². The smallest absolute Gasteiger partial charge is 0.309 e. The molecule has 0 bridgehead atoms. The van der Waals surface area contributed by atoms with Crippen molar-refractivity contribution < 1.29 is 14.6 Å². The molecule has 1 aromatic carbocycles. The molecule has 0 spiro atoms. The molecule has 3 nitrogen and oxygen atoms in total. The van der Waals surface area contributed by atoms with Gasteiger partial charge in [0.25, 0.3) is 0 Å². The second kappa shape index (κ2) is 3.76. The lowest BCUT2D eigenvalue weighted by atomic mass is 9.65. The highest BCUT2D eigenvalue weighted by Gasteiger charge is 2.47. The molecule has 2 aliphatic rings. The molecule has 1 aliphatic heterocycles. The molecule has 3 heteroatoms. The lowest BCUT2D eigenvalue weighted by Gasteiger charge is -2.39. The van der Waals surface area contributed by atoms with Crippen molar-refractivity contribution in [2.24, 2.45) is 5.41 Å². The molecular weight excluding hydrogens is 216 g/mol. The monoisotopic (exact) mass is 232 g/mol. The largest absolute Gasteiger partial charge is 0.490 e. The highest BCUT2D eigenvalue weighted by Crippen LogP contribution is 2.47. The Balaban J connectivity index is 1.71. The number of carbonyl (C=O) groups is 1. The van der Waals surface area contributed by atoms with Gasteiger partial charge in [0.1, 0.15) is 11.9 Å². The van der Waals surface area contributed by atoms with E-state index in [2.05, 4.69) is 6.07 Å². The van der Waals surface area contributed by atoms with Crippen LogP contribution in [0.25, 0.3) is 0 Å². The minimum atomic E-state index is -0.650. The summed E-state index contributed by atoms with van der Waals surface area (Å²) < 4.78 is 5.83. The molecule has 1 aliphatic carbocycles. The van der Waals surface area contributed by atoms with Gasteiger partial charge < -0.3 is 9.84 Å². The van der Waals surface area contributed by atoms with Crippen LogP contribution in [0.5, 0.6) is 5.75 Å². The lowest BCUT2D eigenvalue weighted by Crippen LogP contribution is -2.41. The summed E-state index contributed by atoms with van der Waals surface area (Å²) in [6.07, 6.45) is 4.19. The van der Waals surface area contributed by atoms with Crippen molar-refractivity contribution in [1.82, 2.24) is 0 Å². The molecule has 1 unspecified atom stereocenters. The van der Waals surface area contributed by atoms with E-state index in [1.54, 1.807) is 0 Å². The summed E-state index contributed by atoms with van der Waals surface area (Å²) in [6, 6.07) is 7.98. The Morgan fingerprint density at radius 1 is 1.41 bits per heavy atom. The topological polar surface area (TPSA) is 46.5 Å². The highest BCUT2D eigenvalue weighted by atomic mass is 16.5. The Hall–Kier alpha value is -1.51. The zero-order chi connectivity index (χ0) is 11.9. The van der Waals surface area contributed by atoms with E-state index in [0.29, 0.717) is 6.42 Å². The summed E-state index contributed by atoms with van der Waals surface area (Å²) in [7, 11) is 0. The fraction of sp³-hybridized carbons (Fsp3) is 0.500. The minimum Gasteiger partial charge on any atom is -0.490 e. The number of para-hydroxylation sites is 1. The van der Waals surface area contributed by atoms with E-state index in [1.165, 1.54) is 5.56 Å². The minimum absolute atomic E-state index is 0.0452. The van der Waals surface area contributed by atoms with E-state index >= 15 is 0 Å². The molecular formula is C14H16O3. The van der Waals surface area contributed by atoms with Gasteiger partial charge in [-0.3, -0.25) is 4.79 Å². The van der Waals surface area contributed by atoms with Crippen molar-refractivity contribution in [2.75, 3.05) is 0 Å². The van der Waals surface area contributed by atoms with Gasteiger partial charge >= 0.3 is 5.97 Å². The van der Waals surface area contributed by atoms with Gasteiger partial charge in [0, 0.05) is 12.8 Å². The van der Waals surface area contributed by atoms with Crippen molar-refractivity contribution >= 4 is 5.97 Å². The molecule has 17 heavy (non-hydrogen) atoms. The van der Waals surface area contributed by atoms with Crippen molar-refractivity contribution in [2.45, 2.75) is 38.2 Å². The summed E-state index contributed by atoms with van der Waals surface area (Å²) in [5.74, 6) is 0.278. The first-order valence-corrected chi connectivity index (χ1v) is 6.18. The fourth-order valence-electron chi connectivity index (χ4n) is 2.91. The summed E-state index contributed by atoms with van der Waals surface area (Å²) in [6.45, 7) is 0. The SMILES string of the molecule is O=C(O)C1(CC2Cc3ccccc3O2)CCC1. The zero-order valence-electron chi connectivity index (χ0n) is 9.69.